The van der Waals surface area contributed by atoms with Gasteiger partial charge in [0.1, 0.15) is 5.75 Å². The summed E-state index contributed by atoms with van der Waals surface area (Å²) in [5.41, 5.74) is -0.704. The lowest BCUT2D eigenvalue weighted by atomic mass is 9.78. The van der Waals surface area contributed by atoms with Crippen LogP contribution in [0.1, 0.15) is 25.7 Å². The average molecular weight is 390 g/mol. The van der Waals surface area contributed by atoms with Crippen molar-refractivity contribution >= 4 is 23.3 Å². The Morgan fingerprint density at radius 3 is 2.41 bits per heavy atom. The van der Waals surface area contributed by atoms with E-state index >= 15 is 0 Å². The number of nitro groups is 1. The van der Waals surface area contributed by atoms with E-state index in [1.807, 2.05) is 0 Å². The third kappa shape index (κ3) is 5.83. The smallest absolute Gasteiger partial charge is 0.422 e. The Bertz CT molecular complexity index is 737. The maximum absolute atomic E-state index is 12.4. The van der Waals surface area contributed by atoms with E-state index in [2.05, 4.69) is 10.1 Å². The molecule has 8 nitrogen and oxygen atoms in total. The number of aliphatic carboxylic acids is 1. The van der Waals surface area contributed by atoms with Crippen LogP contribution in [0.15, 0.2) is 18.2 Å². The third-order valence-corrected chi connectivity index (χ3v) is 4.19. The van der Waals surface area contributed by atoms with Gasteiger partial charge in [0, 0.05) is 12.1 Å². The standard InChI is InChI=1S/C16H17F3N2O6/c17-16(18,19)8-27-11-6-9(5-10(7-11)21(25)26)20-14(22)12-3-1-2-4-13(12)15(23)24/h5-7,12-13H,1-4,8H2,(H,20,22)(H,23,24)/t12-,13-/m0/s1. The zero-order valence-corrected chi connectivity index (χ0v) is 14.0. The van der Waals surface area contributed by atoms with Crippen LogP contribution in [-0.2, 0) is 9.59 Å². The average Bonchev–Trinajstić information content (AvgIpc) is 2.59. The number of carboxylic acid groups (broad SMARTS) is 1. The van der Waals surface area contributed by atoms with E-state index in [-0.39, 0.29) is 5.69 Å². The summed E-state index contributed by atoms with van der Waals surface area (Å²) in [6.45, 7) is -1.65. The summed E-state index contributed by atoms with van der Waals surface area (Å²) >= 11 is 0. The van der Waals surface area contributed by atoms with E-state index in [1.165, 1.54) is 0 Å². The number of carbonyl (C=O) groups excluding carboxylic acids is 1. The fourth-order valence-electron chi connectivity index (χ4n) is 2.98. The first-order chi connectivity index (χ1) is 12.6. The van der Waals surface area contributed by atoms with Crippen LogP contribution in [0.25, 0.3) is 0 Å². The van der Waals surface area contributed by atoms with Gasteiger partial charge in [-0.2, -0.15) is 13.2 Å². The van der Waals surface area contributed by atoms with Crippen LogP contribution < -0.4 is 10.1 Å². The van der Waals surface area contributed by atoms with Gasteiger partial charge in [0.15, 0.2) is 6.61 Å². The number of rotatable bonds is 6. The summed E-state index contributed by atoms with van der Waals surface area (Å²) in [5, 5.41) is 22.6. The summed E-state index contributed by atoms with van der Waals surface area (Å²) < 4.78 is 41.4. The lowest BCUT2D eigenvalue weighted by Gasteiger charge is -2.27. The first-order valence-corrected chi connectivity index (χ1v) is 8.09. The molecule has 0 aromatic heterocycles. The van der Waals surface area contributed by atoms with E-state index in [4.69, 9.17) is 0 Å². The first kappa shape index (κ1) is 20.5. The highest BCUT2D eigenvalue weighted by Crippen LogP contribution is 2.33. The number of hydrogen-bond donors (Lipinski definition) is 2. The number of nitro benzene ring substituents is 1. The number of carbonyl (C=O) groups is 2. The van der Waals surface area contributed by atoms with Crippen molar-refractivity contribution in [2.45, 2.75) is 31.9 Å². The fourth-order valence-corrected chi connectivity index (χ4v) is 2.98. The van der Waals surface area contributed by atoms with Crippen LogP contribution in [0.5, 0.6) is 5.75 Å². The van der Waals surface area contributed by atoms with E-state index in [0.29, 0.717) is 25.7 Å². The topological polar surface area (TPSA) is 119 Å². The lowest BCUT2D eigenvalue weighted by molar-refractivity contribution is -0.384. The molecule has 2 rings (SSSR count). The van der Waals surface area contributed by atoms with Crippen molar-refractivity contribution < 1.29 is 37.5 Å². The van der Waals surface area contributed by atoms with E-state index in [9.17, 15) is 38.0 Å². The van der Waals surface area contributed by atoms with Gasteiger partial charge in [-0.3, -0.25) is 19.7 Å². The van der Waals surface area contributed by atoms with Gasteiger partial charge in [-0.25, -0.2) is 0 Å². The van der Waals surface area contributed by atoms with Crippen molar-refractivity contribution in [2.75, 3.05) is 11.9 Å². The molecule has 0 unspecified atom stereocenters. The van der Waals surface area contributed by atoms with Crippen LogP contribution in [-0.4, -0.2) is 34.7 Å². The van der Waals surface area contributed by atoms with Crippen LogP contribution in [0.3, 0.4) is 0 Å². The Balaban J connectivity index is 2.20. The molecule has 0 bridgehead atoms. The summed E-state index contributed by atoms with van der Waals surface area (Å²) in [5.74, 6) is -3.89. The number of carboxylic acids is 1. The Labute approximate surface area is 151 Å². The second kappa shape index (κ2) is 8.23. The molecule has 0 aliphatic heterocycles. The van der Waals surface area contributed by atoms with E-state index < -0.39 is 52.9 Å². The molecule has 148 valence electrons. The molecule has 2 N–H and O–H groups in total. The number of nitrogens with one attached hydrogen (secondary N) is 1. The highest BCUT2D eigenvalue weighted by Gasteiger charge is 2.36. The van der Waals surface area contributed by atoms with Crippen LogP contribution in [0.2, 0.25) is 0 Å². The molecule has 1 aliphatic carbocycles. The molecular weight excluding hydrogens is 373 g/mol. The first-order valence-electron chi connectivity index (χ1n) is 8.09. The highest BCUT2D eigenvalue weighted by molar-refractivity contribution is 5.95. The maximum Gasteiger partial charge on any atom is 0.422 e. The number of hydrogen-bond acceptors (Lipinski definition) is 5. The van der Waals surface area contributed by atoms with Gasteiger partial charge in [-0.05, 0) is 12.8 Å². The molecular formula is C16H17F3N2O6. The van der Waals surface area contributed by atoms with Gasteiger partial charge in [-0.1, -0.05) is 12.8 Å². The molecule has 0 heterocycles. The van der Waals surface area contributed by atoms with Crippen molar-refractivity contribution in [1.29, 1.82) is 0 Å². The molecule has 27 heavy (non-hydrogen) atoms. The minimum Gasteiger partial charge on any atom is -0.484 e. The van der Waals surface area contributed by atoms with Gasteiger partial charge in [-0.15, -0.1) is 0 Å². The Morgan fingerprint density at radius 2 is 1.85 bits per heavy atom. The molecule has 1 saturated carbocycles. The zero-order valence-electron chi connectivity index (χ0n) is 14.0. The van der Waals surface area contributed by atoms with E-state index in [0.717, 1.165) is 18.2 Å². The summed E-state index contributed by atoms with van der Waals surface area (Å²) in [6.07, 6.45) is -2.62. The molecule has 0 spiro atoms. The maximum atomic E-state index is 12.4. The molecule has 1 aromatic rings. The number of nitrogens with zero attached hydrogens (tertiary/aromatic N) is 1. The molecule has 1 fully saturated rings. The minimum absolute atomic E-state index is 0.138. The van der Waals surface area contributed by atoms with Crippen molar-refractivity contribution in [2.24, 2.45) is 11.8 Å². The van der Waals surface area contributed by atoms with Crippen molar-refractivity contribution in [3.63, 3.8) is 0 Å². The van der Waals surface area contributed by atoms with Gasteiger partial charge in [0.25, 0.3) is 5.69 Å². The van der Waals surface area contributed by atoms with Gasteiger partial charge < -0.3 is 15.2 Å². The number of alkyl halides is 3. The Kier molecular flexibility index (Phi) is 6.24. The monoisotopic (exact) mass is 390 g/mol. The molecule has 11 heteroatoms. The van der Waals surface area contributed by atoms with Crippen LogP contribution >= 0.6 is 0 Å². The van der Waals surface area contributed by atoms with Crippen LogP contribution in [0.4, 0.5) is 24.5 Å². The van der Waals surface area contributed by atoms with Gasteiger partial charge in [0.05, 0.1) is 28.5 Å². The quantitative estimate of drug-likeness (QED) is 0.568. The number of amides is 1. The predicted octanol–water partition coefficient (Wildman–Crippen LogP) is 3.37. The normalized spacial score (nSPS) is 20.0. The Morgan fingerprint density at radius 1 is 1.22 bits per heavy atom. The lowest BCUT2D eigenvalue weighted by Crippen LogP contribution is -2.36. The Hall–Kier alpha value is -2.85. The minimum atomic E-state index is -4.63. The number of halogens is 3. The largest absolute Gasteiger partial charge is 0.484 e. The fraction of sp³-hybridized carbons (Fsp3) is 0.500. The van der Waals surface area contributed by atoms with Crippen molar-refractivity contribution in [3.05, 3.63) is 28.3 Å². The number of anilines is 1. The molecule has 1 aliphatic rings. The molecule has 1 amide bonds. The van der Waals surface area contributed by atoms with Crippen molar-refractivity contribution in [1.82, 2.24) is 0 Å². The molecule has 1 aromatic carbocycles. The summed E-state index contributed by atoms with van der Waals surface area (Å²) in [6, 6.07) is 2.80. The molecule has 2 atom stereocenters. The van der Waals surface area contributed by atoms with Gasteiger partial charge in [0.2, 0.25) is 5.91 Å². The van der Waals surface area contributed by atoms with Crippen LogP contribution in [0, 0.1) is 22.0 Å². The molecule has 0 saturated heterocycles. The second-order valence-corrected chi connectivity index (χ2v) is 6.20. The predicted molar refractivity (Wildman–Crippen MR) is 86.4 cm³/mol. The highest BCUT2D eigenvalue weighted by atomic mass is 19.4. The zero-order chi connectivity index (χ0) is 20.2. The number of non-ortho nitro benzene ring substituents is 1. The van der Waals surface area contributed by atoms with E-state index in [1.54, 1.807) is 0 Å². The second-order valence-electron chi connectivity index (χ2n) is 6.20. The summed E-state index contributed by atoms with van der Waals surface area (Å²) in [4.78, 5) is 33.9. The van der Waals surface area contributed by atoms with Crippen molar-refractivity contribution in [3.8, 4) is 5.75 Å². The third-order valence-electron chi connectivity index (χ3n) is 4.19. The molecule has 0 radical (unpaired) electrons. The summed E-state index contributed by atoms with van der Waals surface area (Å²) in [7, 11) is 0. The van der Waals surface area contributed by atoms with Gasteiger partial charge >= 0.3 is 12.1 Å². The number of ether oxygens (including phenoxy) is 1. The number of benzene rings is 1. The SMILES string of the molecule is O=C(O)[C@H]1CCCC[C@@H]1C(=O)Nc1cc(OCC(F)(F)F)cc([N+](=O)[O-])c1.